The molecular weight excluding hydrogens is 221 g/mol. The smallest absolute Gasteiger partial charge is 0 e. The summed E-state index contributed by atoms with van der Waals surface area (Å²) in [6, 6.07) is 3.73. The summed E-state index contributed by atoms with van der Waals surface area (Å²) in [6.07, 6.45) is 1.71. The van der Waals surface area contributed by atoms with Crippen molar-refractivity contribution in [1.29, 1.82) is 0 Å². The van der Waals surface area contributed by atoms with E-state index in [0.29, 0.717) is 0 Å². The number of nitrogens with zero attached hydrogens (tertiary/aromatic N) is 1. The van der Waals surface area contributed by atoms with Gasteiger partial charge in [-0.2, -0.15) is 20.8 Å². The molecule has 0 fully saturated rings. The van der Waals surface area contributed by atoms with Gasteiger partial charge in [-0.15, -0.1) is 6.07 Å². The van der Waals surface area contributed by atoms with Crippen molar-refractivity contribution < 1.29 is 18.6 Å². The zero-order valence-corrected chi connectivity index (χ0v) is 11.9. The molecule has 0 aromatic carbocycles. The Hall–Kier alpha value is -0.526. The summed E-state index contributed by atoms with van der Waals surface area (Å²) < 4.78 is 0. The van der Waals surface area contributed by atoms with Gasteiger partial charge in [0, 0.05) is 18.6 Å². The summed E-state index contributed by atoms with van der Waals surface area (Å²) >= 11 is 0. The van der Waals surface area contributed by atoms with E-state index in [0.717, 1.165) is 11.3 Å². The monoisotopic (exact) mass is 243 g/mol. The molecule has 0 bridgehead atoms. The fourth-order valence-electron chi connectivity index (χ4n) is 0.471. The number of rotatable bonds is 0. The van der Waals surface area contributed by atoms with Gasteiger partial charge >= 0.3 is 0 Å². The van der Waals surface area contributed by atoms with Crippen LogP contribution in [0.5, 0.6) is 0 Å². The Labute approximate surface area is 108 Å². The topological polar surface area (TPSA) is 12.9 Å². The van der Waals surface area contributed by atoms with Crippen LogP contribution in [0.2, 0.25) is 0 Å². The molecule has 1 nitrogen and oxygen atoms in total. The summed E-state index contributed by atoms with van der Waals surface area (Å²) in [5.41, 5.74) is 1.65. The molecule has 0 aliphatic carbocycles. The fraction of sp³-hybridized carbons (Fsp3) is 0.385. The Morgan fingerprint density at radius 2 is 1.53 bits per heavy atom. The Kier molecular flexibility index (Phi) is 17.9. The van der Waals surface area contributed by atoms with Crippen LogP contribution in [0.4, 0.5) is 0 Å². The van der Waals surface area contributed by atoms with Crippen molar-refractivity contribution >= 4 is 0 Å². The maximum atomic E-state index is 3.91. The molecule has 0 amide bonds. The van der Waals surface area contributed by atoms with Gasteiger partial charge in [-0.3, -0.25) is 13.8 Å². The second-order valence-electron chi connectivity index (χ2n) is 3.11. The summed E-state index contributed by atoms with van der Waals surface area (Å²) in [5, 5.41) is 0. The zero-order valence-electron chi connectivity index (χ0n) is 10.5. The molecule has 0 saturated carbocycles. The van der Waals surface area contributed by atoms with Gasteiger partial charge in [0.15, 0.2) is 0 Å². The summed E-state index contributed by atoms with van der Waals surface area (Å²) in [5.74, 6) is 1.42. The summed E-state index contributed by atoms with van der Waals surface area (Å²) in [6.45, 7) is 17.6. The van der Waals surface area contributed by atoms with E-state index in [1.54, 1.807) is 6.20 Å². The first-order chi connectivity index (χ1) is 6.54. The van der Waals surface area contributed by atoms with Crippen molar-refractivity contribution in [3.05, 3.63) is 49.4 Å². The normalized spacial score (nSPS) is 7.60. The van der Waals surface area contributed by atoms with Crippen LogP contribution in [-0.4, -0.2) is 4.98 Å². The van der Waals surface area contributed by atoms with Crippen molar-refractivity contribution in [3.63, 3.8) is 0 Å². The third-order valence-corrected chi connectivity index (χ3v) is 0.985. The van der Waals surface area contributed by atoms with E-state index in [1.807, 2.05) is 26.0 Å². The molecule has 1 heterocycles. The molecule has 0 N–H and O–H groups in total. The van der Waals surface area contributed by atoms with E-state index in [4.69, 9.17) is 0 Å². The average molecular weight is 243 g/mol. The Morgan fingerprint density at radius 1 is 1.13 bits per heavy atom. The Balaban J connectivity index is -0.000000179. The quantitative estimate of drug-likeness (QED) is 0.625. The van der Waals surface area contributed by atoms with E-state index in [1.165, 1.54) is 5.92 Å². The number of pyridine rings is 1. The fourth-order valence-corrected chi connectivity index (χ4v) is 0.471. The van der Waals surface area contributed by atoms with Crippen LogP contribution < -0.4 is 0 Å². The number of hydrogen-bond donors (Lipinski definition) is 0. The predicted octanol–water partition coefficient (Wildman–Crippen LogP) is 4.09. The van der Waals surface area contributed by atoms with Gasteiger partial charge in [-0.25, -0.2) is 11.8 Å². The van der Waals surface area contributed by atoms with Gasteiger partial charge < -0.3 is 16.5 Å². The van der Waals surface area contributed by atoms with Crippen LogP contribution in [0.25, 0.3) is 0 Å². The van der Waals surface area contributed by atoms with Crippen LogP contribution in [0, 0.1) is 19.8 Å². The molecule has 87 valence electrons. The molecule has 0 atom stereocenters. The molecule has 0 aliphatic heterocycles. The third kappa shape index (κ3) is 16.2. The zero-order chi connectivity index (χ0) is 11.6. The molecule has 1 rings (SSSR count). The Bertz CT molecular complexity index is 198. The maximum absolute atomic E-state index is 3.91. The van der Waals surface area contributed by atoms with Gasteiger partial charge in [0.2, 0.25) is 0 Å². The molecule has 0 spiro atoms. The molecule has 15 heavy (non-hydrogen) atoms. The predicted molar refractivity (Wildman–Crippen MR) is 64.8 cm³/mol. The van der Waals surface area contributed by atoms with Crippen molar-refractivity contribution in [2.45, 2.75) is 34.6 Å². The molecular formula is C13H22NV-3. The molecule has 1 aromatic heterocycles. The van der Waals surface area contributed by atoms with Gasteiger partial charge in [-0.05, 0) is 6.20 Å². The minimum Gasteiger partial charge on any atom is -0.359 e. The maximum Gasteiger partial charge on any atom is 0 e. The second-order valence-corrected chi connectivity index (χ2v) is 3.11. The minimum atomic E-state index is 0. The van der Waals surface area contributed by atoms with E-state index in [-0.39, 0.29) is 18.6 Å². The van der Waals surface area contributed by atoms with E-state index in [9.17, 15) is 0 Å². The number of hydrogen-bond acceptors (Lipinski definition) is 1. The second kappa shape index (κ2) is 13.5. The largest absolute Gasteiger partial charge is 0.359 e. The van der Waals surface area contributed by atoms with Crippen molar-refractivity contribution in [2.24, 2.45) is 0 Å². The van der Waals surface area contributed by atoms with Gasteiger partial charge in [-0.1, -0.05) is 13.8 Å². The standard InChI is InChI=1S/C7H7N.C4H9.C2H6.V/c1-6-4-3-5-8-7(6)2;1-4(2)3;1-2;/h3-5H,1-2H2;1-3H3;1-2H3;/q-2;-1;;. The molecule has 1 radical (unpaired) electrons. The number of aromatic nitrogens is 1. The van der Waals surface area contributed by atoms with E-state index < -0.39 is 0 Å². The van der Waals surface area contributed by atoms with Crippen LogP contribution in [0.1, 0.15) is 45.9 Å². The van der Waals surface area contributed by atoms with Crippen molar-refractivity contribution in [1.82, 2.24) is 4.98 Å². The SMILES string of the molecule is CC.C[C-](C)C.[CH2-]c1cccnc1[CH2-].[V]. The van der Waals surface area contributed by atoms with Crippen molar-refractivity contribution in [3.8, 4) is 0 Å². The van der Waals surface area contributed by atoms with Gasteiger partial charge in [0.25, 0.3) is 0 Å². The van der Waals surface area contributed by atoms with Crippen LogP contribution >= 0.6 is 0 Å². The van der Waals surface area contributed by atoms with Gasteiger partial charge in [0.05, 0.1) is 0 Å². The first-order valence-electron chi connectivity index (χ1n) is 4.89. The molecule has 0 aliphatic rings. The molecule has 1 aromatic rings. The first-order valence-corrected chi connectivity index (χ1v) is 4.89. The third-order valence-electron chi connectivity index (χ3n) is 0.985. The molecule has 0 unspecified atom stereocenters. The first kappa shape index (κ1) is 20.0. The van der Waals surface area contributed by atoms with E-state index in [2.05, 4.69) is 39.6 Å². The summed E-state index contributed by atoms with van der Waals surface area (Å²) in [7, 11) is 0. The molecule has 2 heteroatoms. The van der Waals surface area contributed by atoms with Gasteiger partial charge in [0.1, 0.15) is 0 Å². The van der Waals surface area contributed by atoms with Crippen LogP contribution in [0.3, 0.4) is 0 Å². The van der Waals surface area contributed by atoms with Crippen LogP contribution in [0.15, 0.2) is 18.3 Å². The van der Waals surface area contributed by atoms with Crippen LogP contribution in [-0.2, 0) is 18.6 Å². The summed E-state index contributed by atoms with van der Waals surface area (Å²) in [4.78, 5) is 3.91. The van der Waals surface area contributed by atoms with Crippen molar-refractivity contribution in [2.75, 3.05) is 0 Å². The van der Waals surface area contributed by atoms with E-state index >= 15 is 0 Å². The minimum absolute atomic E-state index is 0. The average Bonchev–Trinajstić information content (AvgIpc) is 2.13. The Morgan fingerprint density at radius 3 is 1.73 bits per heavy atom. The molecule has 0 saturated heterocycles.